The molecule has 4 rings (SSSR count). The van der Waals surface area contributed by atoms with Gasteiger partial charge in [-0.05, 0) is 11.1 Å². The van der Waals surface area contributed by atoms with Gasteiger partial charge in [-0.3, -0.25) is 19.2 Å². The van der Waals surface area contributed by atoms with Gasteiger partial charge < -0.3 is 49.4 Å². The third-order valence-corrected chi connectivity index (χ3v) is 8.78. The molecule has 2 fully saturated rings. The number of hydrogen-bond donors (Lipinski definition) is 3. The Morgan fingerprint density at radius 1 is 0.556 bits per heavy atom. The van der Waals surface area contributed by atoms with Crippen LogP contribution in [0.1, 0.15) is 24.0 Å². The van der Waals surface area contributed by atoms with Gasteiger partial charge in [-0.25, -0.2) is 8.78 Å². The van der Waals surface area contributed by atoms with Crippen LogP contribution < -0.4 is 16.0 Å². The zero-order valence-electron chi connectivity index (χ0n) is 30.6. The van der Waals surface area contributed by atoms with Gasteiger partial charge in [0.25, 0.3) is 0 Å². The monoisotopic (exact) mass is 761 g/mol. The van der Waals surface area contributed by atoms with Gasteiger partial charge in [0.05, 0.1) is 65.9 Å². The van der Waals surface area contributed by atoms with E-state index in [0.29, 0.717) is 52.6 Å². The van der Waals surface area contributed by atoms with Crippen molar-refractivity contribution in [2.24, 2.45) is 0 Å². The van der Waals surface area contributed by atoms with Gasteiger partial charge in [-0.15, -0.1) is 0 Å². The topological polar surface area (TPSA) is 157 Å². The predicted molar refractivity (Wildman–Crippen MR) is 194 cm³/mol. The largest absolute Gasteiger partial charge is 0.378 e. The van der Waals surface area contributed by atoms with Crippen LogP contribution in [-0.4, -0.2) is 150 Å². The van der Waals surface area contributed by atoms with Crippen molar-refractivity contribution >= 4 is 23.6 Å². The van der Waals surface area contributed by atoms with Crippen molar-refractivity contribution in [3.63, 3.8) is 0 Å². The molecule has 0 radical (unpaired) electrons. The van der Waals surface area contributed by atoms with Crippen molar-refractivity contribution in [3.8, 4) is 0 Å². The van der Waals surface area contributed by atoms with Crippen LogP contribution in [0, 0.1) is 0 Å². The molecule has 4 amide bonds. The molecule has 0 aliphatic carbocycles. The van der Waals surface area contributed by atoms with Gasteiger partial charge in [-0.2, -0.15) is 0 Å². The summed E-state index contributed by atoms with van der Waals surface area (Å²) < 4.78 is 55.5. The first kappa shape index (κ1) is 42.7. The molecule has 2 unspecified atom stereocenters. The molecule has 0 spiro atoms. The molecule has 4 atom stereocenters. The zero-order valence-corrected chi connectivity index (χ0v) is 30.6. The number of amides is 4. The number of nitrogens with zero attached hydrogens (tertiary/aromatic N) is 2. The molecule has 0 saturated carbocycles. The lowest BCUT2D eigenvalue weighted by molar-refractivity contribution is -0.142. The molecule has 54 heavy (non-hydrogen) atoms. The highest BCUT2D eigenvalue weighted by Crippen LogP contribution is 2.22. The number of halogens is 2. The van der Waals surface area contributed by atoms with Crippen LogP contribution in [0.15, 0.2) is 60.7 Å². The van der Waals surface area contributed by atoms with Crippen LogP contribution in [0.25, 0.3) is 0 Å². The van der Waals surface area contributed by atoms with E-state index in [1.165, 1.54) is 9.80 Å². The lowest BCUT2D eigenvalue weighted by Crippen LogP contribution is -2.47. The lowest BCUT2D eigenvalue weighted by atomic mass is 10.1. The van der Waals surface area contributed by atoms with Gasteiger partial charge in [0, 0.05) is 39.0 Å². The van der Waals surface area contributed by atoms with Crippen molar-refractivity contribution in [2.75, 3.05) is 92.2 Å². The molecule has 14 nitrogen and oxygen atoms in total. The fourth-order valence-corrected chi connectivity index (χ4v) is 5.98. The first-order valence-electron chi connectivity index (χ1n) is 18.4. The van der Waals surface area contributed by atoms with E-state index in [-0.39, 0.29) is 77.4 Å². The molecule has 16 heteroatoms. The van der Waals surface area contributed by atoms with Gasteiger partial charge in [0.1, 0.15) is 37.6 Å². The van der Waals surface area contributed by atoms with Crippen molar-refractivity contribution in [3.05, 3.63) is 71.8 Å². The highest BCUT2D eigenvalue weighted by molar-refractivity contribution is 5.89. The average Bonchev–Trinajstić information content (AvgIpc) is 3.78. The summed E-state index contributed by atoms with van der Waals surface area (Å²) in [5.74, 6) is -1.64. The Morgan fingerprint density at radius 3 is 1.33 bits per heavy atom. The molecule has 3 N–H and O–H groups in total. The average molecular weight is 762 g/mol. The van der Waals surface area contributed by atoms with Crippen molar-refractivity contribution in [1.82, 2.24) is 25.8 Å². The van der Waals surface area contributed by atoms with Crippen LogP contribution in [0.5, 0.6) is 0 Å². The lowest BCUT2D eigenvalue weighted by Gasteiger charge is -2.23. The minimum absolute atomic E-state index is 0.0344. The highest BCUT2D eigenvalue weighted by atomic mass is 19.1. The zero-order chi connectivity index (χ0) is 38.4. The third kappa shape index (κ3) is 15.4. The molecular weight excluding hydrogens is 708 g/mol. The van der Waals surface area contributed by atoms with Crippen molar-refractivity contribution in [2.45, 2.75) is 50.4 Å². The number of carbonyl (C=O) groups excluding carboxylic acids is 4. The van der Waals surface area contributed by atoms with E-state index in [2.05, 4.69) is 16.0 Å². The van der Waals surface area contributed by atoms with E-state index in [4.69, 9.17) is 23.7 Å². The Hall–Kier alpha value is -4.06. The fraction of sp³-hybridized carbons (Fsp3) is 0.579. The van der Waals surface area contributed by atoms with Crippen molar-refractivity contribution < 1.29 is 51.6 Å². The summed E-state index contributed by atoms with van der Waals surface area (Å²) in [5, 5.41) is 8.74. The number of carbonyl (C=O) groups is 4. The Balaban J connectivity index is 0.913. The summed E-state index contributed by atoms with van der Waals surface area (Å²) in [6, 6.07) is 17.0. The summed E-state index contributed by atoms with van der Waals surface area (Å²) >= 11 is 0. The molecule has 0 bridgehead atoms. The summed E-state index contributed by atoms with van der Waals surface area (Å²) in [6.07, 6.45) is -2.59. The number of hydrogen-bond acceptors (Lipinski definition) is 10. The predicted octanol–water partition coefficient (Wildman–Crippen LogP) is 1.17. The molecule has 2 saturated heterocycles. The minimum atomic E-state index is -1.26. The summed E-state index contributed by atoms with van der Waals surface area (Å²) in [6.45, 7) is 3.48. The van der Waals surface area contributed by atoms with Gasteiger partial charge in [0.15, 0.2) is 0 Å². The highest BCUT2D eigenvalue weighted by Gasteiger charge is 2.40. The smallest absolute Gasteiger partial charge is 0.249 e. The molecule has 2 aromatic rings. The van der Waals surface area contributed by atoms with Crippen LogP contribution in [0.4, 0.5) is 8.78 Å². The number of nitrogens with one attached hydrogen (secondary N) is 3. The second-order valence-electron chi connectivity index (χ2n) is 12.9. The maximum Gasteiger partial charge on any atom is 0.249 e. The molecule has 0 aromatic heterocycles. The maximum absolute atomic E-state index is 14.1. The van der Waals surface area contributed by atoms with Gasteiger partial charge in [0.2, 0.25) is 23.6 Å². The van der Waals surface area contributed by atoms with Crippen LogP contribution in [0.2, 0.25) is 0 Å². The summed E-state index contributed by atoms with van der Waals surface area (Å²) in [4.78, 5) is 53.0. The fourth-order valence-electron chi connectivity index (χ4n) is 5.98. The second kappa shape index (κ2) is 24.4. The first-order valence-corrected chi connectivity index (χ1v) is 18.4. The first-order chi connectivity index (χ1) is 26.3. The van der Waals surface area contributed by atoms with Gasteiger partial charge in [-0.1, -0.05) is 60.7 Å². The van der Waals surface area contributed by atoms with E-state index in [1.54, 1.807) is 0 Å². The van der Waals surface area contributed by atoms with Gasteiger partial charge >= 0.3 is 0 Å². The van der Waals surface area contributed by atoms with E-state index < -0.39 is 36.2 Å². The normalized spacial score (nSPS) is 19.6. The Labute approximate surface area is 315 Å². The SMILES string of the molecule is O=C(NCc1ccccc1)C1C[C@@H](F)CN1C(=O)COCCOCCNCCOCCOCCOCC(=O)N1C[C@H](F)CC1C(=O)NCc1ccccc1. The molecule has 2 aliphatic heterocycles. The number of rotatable bonds is 25. The van der Waals surface area contributed by atoms with Crippen LogP contribution >= 0.6 is 0 Å². The standard InChI is InChI=1S/C38H53F2N5O9/c39-31-21-33(37(48)42-23-29-7-3-1-4-8-29)44(25-31)35(46)27-53-19-17-51-14-12-41-11-13-50-15-16-52-18-20-54-28-36(47)45-26-32(40)22-34(45)38(49)43-24-30-9-5-2-6-10-30/h1-10,31-34,41H,11-28H2,(H,42,48)(H,43,49)/t31-,32-,33?,34?/m1/s1. The summed E-state index contributed by atoms with van der Waals surface area (Å²) in [5.41, 5.74) is 1.83. The maximum atomic E-state index is 14.1. The third-order valence-electron chi connectivity index (χ3n) is 8.78. The molecule has 2 heterocycles. The second-order valence-corrected chi connectivity index (χ2v) is 12.9. The number of alkyl halides is 2. The van der Waals surface area contributed by atoms with Crippen LogP contribution in [-0.2, 0) is 56.0 Å². The molecular formula is C38H53F2N5O9. The number of benzene rings is 2. The molecule has 298 valence electrons. The van der Waals surface area contributed by atoms with E-state index in [1.807, 2.05) is 60.7 Å². The minimum Gasteiger partial charge on any atom is -0.378 e. The van der Waals surface area contributed by atoms with Crippen LogP contribution in [0.3, 0.4) is 0 Å². The Kier molecular flexibility index (Phi) is 19.3. The van der Waals surface area contributed by atoms with E-state index >= 15 is 0 Å². The molecule has 2 aliphatic rings. The Bertz CT molecular complexity index is 1310. The Morgan fingerprint density at radius 2 is 0.926 bits per heavy atom. The number of ether oxygens (including phenoxy) is 5. The number of likely N-dealkylation sites (tertiary alicyclic amines) is 2. The molecule has 2 aromatic carbocycles. The quantitative estimate of drug-likeness (QED) is 0.126. The van der Waals surface area contributed by atoms with Crippen molar-refractivity contribution in [1.29, 1.82) is 0 Å². The van der Waals surface area contributed by atoms with E-state index in [0.717, 1.165) is 11.1 Å². The van der Waals surface area contributed by atoms with E-state index in [9.17, 15) is 28.0 Å². The summed E-state index contributed by atoms with van der Waals surface area (Å²) in [7, 11) is 0.